The van der Waals surface area contributed by atoms with Crippen molar-refractivity contribution in [2.24, 2.45) is 0 Å². The molecule has 1 amide bonds. The average Bonchev–Trinajstić information content (AvgIpc) is 2.59. The van der Waals surface area contributed by atoms with Gasteiger partial charge in [0.1, 0.15) is 0 Å². The molecule has 4 nitrogen and oxygen atoms in total. The van der Waals surface area contributed by atoms with Crippen molar-refractivity contribution in [1.82, 2.24) is 0 Å². The first-order chi connectivity index (χ1) is 12.3. The number of hydrogen-bond donors (Lipinski definition) is 1. The van der Waals surface area contributed by atoms with Crippen LogP contribution >= 0.6 is 34.8 Å². The zero-order valence-electron chi connectivity index (χ0n) is 14.1. The van der Waals surface area contributed by atoms with Gasteiger partial charge in [0.15, 0.2) is 6.10 Å². The van der Waals surface area contributed by atoms with Crippen LogP contribution in [-0.4, -0.2) is 18.0 Å². The lowest BCUT2D eigenvalue weighted by molar-refractivity contribution is -0.148. The fourth-order valence-corrected chi connectivity index (χ4v) is 2.49. The molecule has 0 heterocycles. The number of nitrogens with one attached hydrogen (secondary N) is 1. The van der Waals surface area contributed by atoms with Crippen LogP contribution < -0.4 is 5.32 Å². The zero-order chi connectivity index (χ0) is 19.3. The second kappa shape index (κ2) is 9.08. The molecular formula is C19H16Cl3NO3. The first-order valence-corrected chi connectivity index (χ1v) is 8.80. The highest BCUT2D eigenvalue weighted by Gasteiger charge is 2.17. The number of amides is 1. The van der Waals surface area contributed by atoms with Gasteiger partial charge in [-0.2, -0.15) is 0 Å². The molecule has 1 atom stereocenters. The summed E-state index contributed by atoms with van der Waals surface area (Å²) in [6.07, 6.45) is 1.77. The van der Waals surface area contributed by atoms with Gasteiger partial charge in [-0.15, -0.1) is 0 Å². The monoisotopic (exact) mass is 411 g/mol. The van der Waals surface area contributed by atoms with Crippen molar-refractivity contribution in [1.29, 1.82) is 0 Å². The van der Waals surface area contributed by atoms with Gasteiger partial charge in [-0.05, 0) is 55.3 Å². The molecule has 0 saturated carbocycles. The van der Waals surface area contributed by atoms with E-state index in [4.69, 9.17) is 39.5 Å². The van der Waals surface area contributed by atoms with Crippen LogP contribution in [0.5, 0.6) is 0 Å². The molecule has 7 heteroatoms. The fraction of sp³-hybridized carbons (Fsp3) is 0.158. The van der Waals surface area contributed by atoms with Gasteiger partial charge in [-0.1, -0.05) is 46.9 Å². The van der Waals surface area contributed by atoms with E-state index >= 15 is 0 Å². The highest BCUT2D eigenvalue weighted by Crippen LogP contribution is 2.23. The molecule has 0 unspecified atom stereocenters. The third-order valence-corrected chi connectivity index (χ3v) is 4.45. The highest BCUT2D eigenvalue weighted by atomic mass is 35.5. The molecule has 0 spiro atoms. The van der Waals surface area contributed by atoms with Crippen molar-refractivity contribution in [2.45, 2.75) is 20.0 Å². The largest absolute Gasteiger partial charge is 0.449 e. The lowest BCUT2D eigenvalue weighted by Crippen LogP contribution is -2.29. The van der Waals surface area contributed by atoms with Crippen LogP contribution in [0.15, 0.2) is 42.5 Å². The van der Waals surface area contributed by atoms with E-state index in [2.05, 4.69) is 5.32 Å². The van der Waals surface area contributed by atoms with Crippen molar-refractivity contribution in [3.63, 3.8) is 0 Å². The molecule has 0 fully saturated rings. The summed E-state index contributed by atoms with van der Waals surface area (Å²) < 4.78 is 5.10. The Hall–Kier alpha value is -2.01. The fourth-order valence-electron chi connectivity index (χ4n) is 2.01. The van der Waals surface area contributed by atoms with E-state index in [0.717, 1.165) is 5.56 Å². The summed E-state index contributed by atoms with van der Waals surface area (Å²) in [5, 5.41) is 3.99. The smallest absolute Gasteiger partial charge is 0.331 e. The van der Waals surface area contributed by atoms with E-state index in [-0.39, 0.29) is 0 Å². The molecule has 2 rings (SSSR count). The Morgan fingerprint density at radius 3 is 2.50 bits per heavy atom. The van der Waals surface area contributed by atoms with E-state index < -0.39 is 18.0 Å². The SMILES string of the molecule is Cc1ccc(Cl)cc1NC(=O)[C@@H](C)OC(=O)/C=C/c1ccc(Cl)c(Cl)c1. The Balaban J connectivity index is 1.95. The van der Waals surface area contributed by atoms with Crippen molar-refractivity contribution in [3.8, 4) is 0 Å². The minimum absolute atomic E-state index is 0.381. The topological polar surface area (TPSA) is 55.4 Å². The summed E-state index contributed by atoms with van der Waals surface area (Å²) >= 11 is 17.7. The first kappa shape index (κ1) is 20.3. The number of ether oxygens (including phenoxy) is 1. The first-order valence-electron chi connectivity index (χ1n) is 7.67. The number of carbonyl (C=O) groups excluding carboxylic acids is 2. The molecule has 0 aliphatic heterocycles. The van der Waals surface area contributed by atoms with Crippen LogP contribution in [-0.2, 0) is 14.3 Å². The molecule has 2 aromatic carbocycles. The number of esters is 1. The molecule has 0 aromatic heterocycles. The summed E-state index contributed by atoms with van der Waals surface area (Å²) in [6, 6.07) is 10.1. The number of halogens is 3. The lowest BCUT2D eigenvalue weighted by atomic mass is 10.2. The molecule has 2 aromatic rings. The number of aryl methyl sites for hydroxylation is 1. The van der Waals surface area contributed by atoms with Gasteiger partial charge < -0.3 is 10.1 Å². The highest BCUT2D eigenvalue weighted by molar-refractivity contribution is 6.42. The Kier molecular flexibility index (Phi) is 7.09. The van der Waals surface area contributed by atoms with Gasteiger partial charge in [0.25, 0.3) is 5.91 Å². The summed E-state index contributed by atoms with van der Waals surface area (Å²) in [4.78, 5) is 24.1. The maximum atomic E-state index is 12.2. The third-order valence-electron chi connectivity index (χ3n) is 3.48. The van der Waals surface area contributed by atoms with Crippen LogP contribution in [0.3, 0.4) is 0 Å². The molecule has 0 aliphatic rings. The van der Waals surface area contributed by atoms with E-state index in [9.17, 15) is 9.59 Å². The number of carbonyl (C=O) groups is 2. The Morgan fingerprint density at radius 2 is 1.81 bits per heavy atom. The van der Waals surface area contributed by atoms with Gasteiger partial charge in [0.2, 0.25) is 0 Å². The molecule has 0 radical (unpaired) electrons. The van der Waals surface area contributed by atoms with Crippen molar-refractivity contribution in [2.75, 3.05) is 5.32 Å². The van der Waals surface area contributed by atoms with Gasteiger partial charge in [-0.3, -0.25) is 4.79 Å². The Morgan fingerprint density at radius 1 is 1.08 bits per heavy atom. The number of benzene rings is 2. The number of rotatable bonds is 5. The Labute approximate surface area is 166 Å². The van der Waals surface area contributed by atoms with Crippen molar-refractivity contribution < 1.29 is 14.3 Å². The molecular weight excluding hydrogens is 397 g/mol. The van der Waals surface area contributed by atoms with Gasteiger partial charge in [0.05, 0.1) is 10.0 Å². The minimum Gasteiger partial charge on any atom is -0.449 e. The van der Waals surface area contributed by atoms with Crippen LogP contribution in [0.4, 0.5) is 5.69 Å². The van der Waals surface area contributed by atoms with Crippen molar-refractivity contribution >= 4 is 58.4 Å². The third kappa shape index (κ3) is 5.77. The standard InChI is InChI=1S/C19H16Cl3NO3/c1-11-3-6-14(20)10-17(11)23-19(25)12(2)26-18(24)8-5-13-4-7-15(21)16(22)9-13/h3-10,12H,1-2H3,(H,23,25)/b8-5+/t12-/m1/s1. The molecule has 136 valence electrons. The van der Waals surface area contributed by atoms with Crippen LogP contribution in [0.2, 0.25) is 15.1 Å². The van der Waals surface area contributed by atoms with E-state index in [1.54, 1.807) is 36.4 Å². The second-order valence-electron chi connectivity index (χ2n) is 5.53. The predicted molar refractivity (Wildman–Crippen MR) is 106 cm³/mol. The van der Waals surface area contributed by atoms with E-state index in [1.165, 1.54) is 19.1 Å². The summed E-state index contributed by atoms with van der Waals surface area (Å²) in [6.45, 7) is 3.32. The van der Waals surface area contributed by atoms with Gasteiger partial charge in [0, 0.05) is 16.8 Å². The lowest BCUT2D eigenvalue weighted by Gasteiger charge is -2.14. The van der Waals surface area contributed by atoms with E-state index in [0.29, 0.717) is 26.3 Å². The van der Waals surface area contributed by atoms with Crippen LogP contribution in [0.25, 0.3) is 6.08 Å². The number of anilines is 1. The second-order valence-corrected chi connectivity index (χ2v) is 6.79. The van der Waals surface area contributed by atoms with Crippen LogP contribution in [0.1, 0.15) is 18.1 Å². The minimum atomic E-state index is -0.973. The average molecular weight is 413 g/mol. The molecule has 1 N–H and O–H groups in total. The summed E-state index contributed by atoms with van der Waals surface area (Å²) in [5.41, 5.74) is 2.10. The molecule has 0 bridgehead atoms. The predicted octanol–water partition coefficient (Wildman–Crippen LogP) is 5.54. The Bertz CT molecular complexity index is 865. The summed E-state index contributed by atoms with van der Waals surface area (Å²) in [5.74, 6) is -1.10. The molecule has 26 heavy (non-hydrogen) atoms. The number of hydrogen-bond acceptors (Lipinski definition) is 3. The zero-order valence-corrected chi connectivity index (χ0v) is 16.3. The maximum absolute atomic E-state index is 12.2. The maximum Gasteiger partial charge on any atom is 0.331 e. The quantitative estimate of drug-likeness (QED) is 0.518. The normalized spacial score (nSPS) is 12.0. The van der Waals surface area contributed by atoms with Crippen molar-refractivity contribution in [3.05, 3.63) is 68.7 Å². The van der Waals surface area contributed by atoms with Crippen LogP contribution in [0, 0.1) is 6.92 Å². The molecule has 0 saturated heterocycles. The summed E-state index contributed by atoms with van der Waals surface area (Å²) in [7, 11) is 0. The van der Waals surface area contributed by atoms with E-state index in [1.807, 2.05) is 6.92 Å². The van der Waals surface area contributed by atoms with Gasteiger partial charge >= 0.3 is 5.97 Å². The molecule has 0 aliphatic carbocycles. The van der Waals surface area contributed by atoms with Gasteiger partial charge in [-0.25, -0.2) is 4.79 Å².